The summed E-state index contributed by atoms with van der Waals surface area (Å²) in [6.45, 7) is -0.0476. The molecule has 1 aromatic heterocycles. The summed E-state index contributed by atoms with van der Waals surface area (Å²) in [5.41, 5.74) is 0.880. The van der Waals surface area contributed by atoms with Crippen LogP contribution in [0.1, 0.15) is 5.56 Å². The summed E-state index contributed by atoms with van der Waals surface area (Å²) in [6.07, 6.45) is 1.37. The Kier molecular flexibility index (Phi) is 4.49. The molecule has 3 rings (SSSR count). The van der Waals surface area contributed by atoms with E-state index in [-0.39, 0.29) is 22.8 Å². The first-order chi connectivity index (χ1) is 11.4. The molecule has 2 aromatic carbocycles. The van der Waals surface area contributed by atoms with Gasteiger partial charge >= 0.3 is 0 Å². The number of hydrogen-bond donors (Lipinski definition) is 2. The Morgan fingerprint density at radius 3 is 2.83 bits per heavy atom. The van der Waals surface area contributed by atoms with Gasteiger partial charge in [-0.25, -0.2) is 12.8 Å². The molecule has 0 amide bonds. The van der Waals surface area contributed by atoms with Crippen LogP contribution in [-0.2, 0) is 21.4 Å². The maximum atomic E-state index is 13.9. The normalized spacial score (nSPS) is 11.8. The lowest BCUT2D eigenvalue weighted by atomic mass is 10.2. The second-order valence-corrected chi connectivity index (χ2v) is 7.23. The van der Waals surface area contributed by atoms with E-state index in [2.05, 4.69) is 9.71 Å². The molecule has 8 heteroatoms. The number of methoxy groups -OCH3 is 1. The van der Waals surface area contributed by atoms with Crippen LogP contribution in [0.5, 0.6) is 0 Å². The number of fused-ring (bicyclic) bond motifs is 1. The third-order valence-corrected chi connectivity index (χ3v) is 5.19. The van der Waals surface area contributed by atoms with Crippen LogP contribution in [0.15, 0.2) is 47.5 Å². The number of hydrogen-bond acceptors (Lipinski definition) is 3. The second kappa shape index (κ2) is 6.43. The van der Waals surface area contributed by atoms with E-state index >= 15 is 0 Å². The molecule has 0 fully saturated rings. The zero-order valence-electron chi connectivity index (χ0n) is 12.6. The fourth-order valence-electron chi connectivity index (χ4n) is 2.44. The van der Waals surface area contributed by atoms with Gasteiger partial charge in [0.1, 0.15) is 10.7 Å². The topological polar surface area (TPSA) is 71.2 Å². The van der Waals surface area contributed by atoms with Crippen LogP contribution in [0.3, 0.4) is 0 Å². The van der Waals surface area contributed by atoms with Gasteiger partial charge in [0.2, 0.25) is 0 Å². The van der Waals surface area contributed by atoms with Gasteiger partial charge in [0, 0.05) is 34.8 Å². The predicted octanol–water partition coefficient (Wildman–Crippen LogP) is 3.91. The average Bonchev–Trinajstić information content (AvgIpc) is 2.94. The van der Waals surface area contributed by atoms with Crippen molar-refractivity contribution in [3.8, 4) is 0 Å². The summed E-state index contributed by atoms with van der Waals surface area (Å²) in [4.78, 5) is 2.93. The lowest BCUT2D eigenvalue weighted by Crippen LogP contribution is -2.14. The Bertz CT molecular complexity index is 1000. The Morgan fingerprint density at radius 2 is 2.08 bits per heavy atom. The summed E-state index contributed by atoms with van der Waals surface area (Å²) in [5, 5.41) is 0.991. The molecule has 0 saturated carbocycles. The molecule has 5 nitrogen and oxygen atoms in total. The maximum Gasteiger partial charge on any atom is 0.264 e. The molecule has 0 radical (unpaired) electrons. The number of nitrogens with one attached hydrogen (secondary N) is 2. The van der Waals surface area contributed by atoms with Crippen LogP contribution in [0, 0.1) is 5.82 Å². The van der Waals surface area contributed by atoms with Crippen molar-refractivity contribution in [3.05, 3.63) is 59.0 Å². The predicted molar refractivity (Wildman–Crippen MR) is 91.2 cm³/mol. The van der Waals surface area contributed by atoms with Crippen molar-refractivity contribution in [2.45, 2.75) is 11.5 Å². The molecule has 0 bridgehead atoms. The Labute approximate surface area is 143 Å². The molecule has 126 valence electrons. The van der Waals surface area contributed by atoms with Gasteiger partial charge in [0.05, 0.1) is 12.3 Å². The molecule has 0 unspecified atom stereocenters. The first kappa shape index (κ1) is 16.8. The van der Waals surface area contributed by atoms with Gasteiger partial charge in [-0.2, -0.15) is 0 Å². The first-order valence-electron chi connectivity index (χ1n) is 6.98. The highest BCUT2D eigenvalue weighted by atomic mass is 35.5. The number of aromatic amines is 1. The molecule has 0 aliphatic carbocycles. The van der Waals surface area contributed by atoms with Crippen LogP contribution in [0.2, 0.25) is 5.02 Å². The fraction of sp³-hybridized carbons (Fsp3) is 0.125. The van der Waals surface area contributed by atoms with Gasteiger partial charge in [-0.05, 0) is 30.3 Å². The molecule has 0 spiro atoms. The maximum absolute atomic E-state index is 13.9. The van der Waals surface area contributed by atoms with Crippen molar-refractivity contribution in [3.63, 3.8) is 0 Å². The van der Waals surface area contributed by atoms with Crippen LogP contribution >= 0.6 is 11.6 Å². The monoisotopic (exact) mass is 368 g/mol. The van der Waals surface area contributed by atoms with E-state index in [0.717, 1.165) is 0 Å². The number of H-pyrrole nitrogens is 1. The largest absolute Gasteiger partial charge is 0.380 e. The van der Waals surface area contributed by atoms with Gasteiger partial charge < -0.3 is 9.72 Å². The van der Waals surface area contributed by atoms with E-state index in [1.807, 2.05) is 0 Å². The summed E-state index contributed by atoms with van der Waals surface area (Å²) < 4.78 is 46.7. The molecule has 3 aromatic rings. The van der Waals surface area contributed by atoms with E-state index in [0.29, 0.717) is 15.9 Å². The number of rotatable bonds is 5. The number of anilines is 1. The minimum absolute atomic E-state index is 0.0476. The lowest BCUT2D eigenvalue weighted by Gasteiger charge is -2.12. The highest BCUT2D eigenvalue weighted by molar-refractivity contribution is 7.93. The fourth-order valence-corrected chi connectivity index (χ4v) is 3.88. The van der Waals surface area contributed by atoms with Crippen molar-refractivity contribution in [1.29, 1.82) is 0 Å². The van der Waals surface area contributed by atoms with Gasteiger partial charge in [-0.3, -0.25) is 4.72 Å². The van der Waals surface area contributed by atoms with Crippen LogP contribution in [-0.4, -0.2) is 20.5 Å². The molecule has 2 N–H and O–H groups in total. The van der Waals surface area contributed by atoms with Crippen molar-refractivity contribution in [2.75, 3.05) is 11.8 Å². The highest BCUT2D eigenvalue weighted by Crippen LogP contribution is 2.28. The lowest BCUT2D eigenvalue weighted by molar-refractivity contribution is 0.182. The Morgan fingerprint density at radius 1 is 1.29 bits per heavy atom. The number of halogens is 2. The van der Waals surface area contributed by atoms with E-state index in [4.69, 9.17) is 16.3 Å². The third kappa shape index (κ3) is 3.10. The molecule has 1 heterocycles. The average molecular weight is 369 g/mol. The number of benzene rings is 2. The van der Waals surface area contributed by atoms with E-state index in [1.54, 1.807) is 18.2 Å². The third-order valence-electron chi connectivity index (χ3n) is 3.55. The summed E-state index contributed by atoms with van der Waals surface area (Å²) in [6, 6.07) is 9.02. The molecule has 0 aliphatic heterocycles. The van der Waals surface area contributed by atoms with Gasteiger partial charge in [-0.15, -0.1) is 0 Å². The van der Waals surface area contributed by atoms with Crippen LogP contribution in [0.4, 0.5) is 10.1 Å². The van der Waals surface area contributed by atoms with Crippen LogP contribution < -0.4 is 4.72 Å². The standard InChI is InChI=1S/C16H14ClFN2O3S/c1-23-9-12-13(18)3-2-4-14(12)20-24(21,22)16-8-19-15-7-10(17)5-6-11(15)16/h2-8,19-20H,9H2,1H3. The molecule has 24 heavy (non-hydrogen) atoms. The molecule has 0 saturated heterocycles. The van der Waals surface area contributed by atoms with Crippen molar-refractivity contribution in [1.82, 2.24) is 4.98 Å². The first-order valence-corrected chi connectivity index (χ1v) is 8.84. The minimum atomic E-state index is -3.91. The van der Waals surface area contributed by atoms with E-state index in [1.165, 1.54) is 31.5 Å². The zero-order chi connectivity index (χ0) is 17.3. The minimum Gasteiger partial charge on any atom is -0.380 e. The van der Waals surface area contributed by atoms with Gasteiger partial charge in [-0.1, -0.05) is 17.7 Å². The van der Waals surface area contributed by atoms with Crippen molar-refractivity contribution in [2.24, 2.45) is 0 Å². The number of ether oxygens (including phenoxy) is 1. The van der Waals surface area contributed by atoms with Crippen molar-refractivity contribution >= 4 is 38.2 Å². The summed E-state index contributed by atoms with van der Waals surface area (Å²) in [5.74, 6) is -0.539. The van der Waals surface area contributed by atoms with Gasteiger partial charge in [0.25, 0.3) is 10.0 Å². The summed E-state index contributed by atoms with van der Waals surface area (Å²) >= 11 is 5.90. The number of aromatic nitrogens is 1. The molecule has 0 aliphatic rings. The smallest absolute Gasteiger partial charge is 0.264 e. The molecule has 0 atom stereocenters. The zero-order valence-corrected chi connectivity index (χ0v) is 14.2. The van der Waals surface area contributed by atoms with Gasteiger partial charge in [0.15, 0.2) is 0 Å². The van der Waals surface area contributed by atoms with E-state index < -0.39 is 15.8 Å². The Hall–Kier alpha value is -2.09. The molecular formula is C16H14ClFN2O3S. The Balaban J connectivity index is 2.04. The number of sulfonamides is 1. The van der Waals surface area contributed by atoms with Crippen molar-refractivity contribution < 1.29 is 17.5 Å². The summed E-state index contributed by atoms with van der Waals surface area (Å²) in [7, 11) is -2.50. The quantitative estimate of drug-likeness (QED) is 0.717. The second-order valence-electron chi connectivity index (χ2n) is 5.15. The molecular weight excluding hydrogens is 355 g/mol. The van der Waals surface area contributed by atoms with E-state index in [9.17, 15) is 12.8 Å². The van der Waals surface area contributed by atoms with Crippen LogP contribution in [0.25, 0.3) is 10.9 Å². The highest BCUT2D eigenvalue weighted by Gasteiger charge is 2.21. The SMILES string of the molecule is COCc1c(F)cccc1NS(=O)(=O)c1c[nH]c2cc(Cl)ccc12.